The summed E-state index contributed by atoms with van der Waals surface area (Å²) in [6.45, 7) is 1.64. The lowest BCUT2D eigenvalue weighted by molar-refractivity contribution is 0.0791. The second-order valence-corrected chi connectivity index (χ2v) is 6.10. The summed E-state index contributed by atoms with van der Waals surface area (Å²) in [4.78, 5) is 16.5. The highest BCUT2D eigenvalue weighted by Gasteiger charge is 2.13. The molecule has 0 aromatic carbocycles. The van der Waals surface area contributed by atoms with Crippen LogP contribution in [-0.4, -0.2) is 49.9 Å². The Morgan fingerprint density at radius 1 is 1.33 bits per heavy atom. The SMILES string of the molecule is CN(C)CCN(C)C(=O)c1ccc(Br)s1. The highest BCUT2D eigenvalue weighted by atomic mass is 79.9. The fraction of sp³-hybridized carbons (Fsp3) is 0.500. The molecule has 0 saturated carbocycles. The number of amides is 1. The van der Waals surface area contributed by atoms with E-state index in [0.29, 0.717) is 0 Å². The Morgan fingerprint density at radius 3 is 2.47 bits per heavy atom. The van der Waals surface area contributed by atoms with Crippen molar-refractivity contribution in [1.29, 1.82) is 0 Å². The van der Waals surface area contributed by atoms with Gasteiger partial charge in [0.25, 0.3) is 5.91 Å². The lowest BCUT2D eigenvalue weighted by Gasteiger charge is -2.18. The Labute approximate surface area is 103 Å². The van der Waals surface area contributed by atoms with Gasteiger partial charge in [-0.05, 0) is 42.2 Å². The van der Waals surface area contributed by atoms with E-state index in [9.17, 15) is 4.79 Å². The number of halogens is 1. The first kappa shape index (κ1) is 12.7. The van der Waals surface area contributed by atoms with Crippen LogP contribution >= 0.6 is 27.3 Å². The molecule has 1 aromatic heterocycles. The molecule has 0 bridgehead atoms. The summed E-state index contributed by atoms with van der Waals surface area (Å²) in [5, 5.41) is 0. The topological polar surface area (TPSA) is 23.6 Å². The second-order valence-electron chi connectivity index (χ2n) is 3.63. The predicted molar refractivity (Wildman–Crippen MR) is 67.5 cm³/mol. The summed E-state index contributed by atoms with van der Waals surface area (Å²) in [6, 6.07) is 3.75. The molecular formula is C10H15BrN2OS. The first-order valence-electron chi connectivity index (χ1n) is 4.66. The van der Waals surface area contributed by atoms with Gasteiger partial charge in [0.05, 0.1) is 8.66 Å². The number of hydrogen-bond donors (Lipinski definition) is 0. The van der Waals surface area contributed by atoms with Crippen LogP contribution in [0.2, 0.25) is 0 Å². The van der Waals surface area contributed by atoms with Gasteiger partial charge in [0.1, 0.15) is 0 Å². The van der Waals surface area contributed by atoms with Crippen molar-refractivity contribution >= 4 is 33.2 Å². The highest BCUT2D eigenvalue weighted by molar-refractivity contribution is 9.11. The number of carbonyl (C=O) groups excluding carboxylic acids is 1. The molecule has 0 aliphatic rings. The molecule has 0 spiro atoms. The molecule has 0 saturated heterocycles. The third-order valence-corrected chi connectivity index (χ3v) is 3.62. The van der Waals surface area contributed by atoms with Gasteiger partial charge in [-0.3, -0.25) is 4.79 Å². The molecule has 5 heteroatoms. The number of likely N-dealkylation sites (N-methyl/N-ethyl adjacent to an activating group) is 2. The summed E-state index contributed by atoms with van der Waals surface area (Å²) >= 11 is 4.82. The van der Waals surface area contributed by atoms with E-state index in [1.165, 1.54) is 11.3 Å². The van der Waals surface area contributed by atoms with Gasteiger partial charge < -0.3 is 9.80 Å². The van der Waals surface area contributed by atoms with Crippen molar-refractivity contribution in [3.05, 3.63) is 20.8 Å². The molecule has 0 radical (unpaired) electrons. The molecule has 1 amide bonds. The quantitative estimate of drug-likeness (QED) is 0.848. The van der Waals surface area contributed by atoms with Gasteiger partial charge in [-0.25, -0.2) is 0 Å². The summed E-state index contributed by atoms with van der Waals surface area (Å²) < 4.78 is 0.992. The van der Waals surface area contributed by atoms with Crippen LogP contribution in [0.15, 0.2) is 15.9 Å². The Morgan fingerprint density at radius 2 is 2.00 bits per heavy atom. The van der Waals surface area contributed by atoms with Crippen LogP contribution < -0.4 is 0 Å². The third kappa shape index (κ3) is 3.93. The maximum Gasteiger partial charge on any atom is 0.263 e. The molecule has 3 nitrogen and oxygen atoms in total. The number of nitrogens with zero attached hydrogens (tertiary/aromatic N) is 2. The maximum absolute atomic E-state index is 11.9. The summed E-state index contributed by atoms with van der Waals surface area (Å²) in [7, 11) is 5.83. The van der Waals surface area contributed by atoms with Crippen molar-refractivity contribution < 1.29 is 4.79 Å². The van der Waals surface area contributed by atoms with Crippen molar-refractivity contribution in [2.75, 3.05) is 34.2 Å². The van der Waals surface area contributed by atoms with Gasteiger partial charge in [0.2, 0.25) is 0 Å². The van der Waals surface area contributed by atoms with Crippen molar-refractivity contribution in [2.45, 2.75) is 0 Å². The molecule has 0 fully saturated rings. The predicted octanol–water partition coefficient (Wildman–Crippen LogP) is 2.14. The first-order valence-corrected chi connectivity index (χ1v) is 6.27. The zero-order valence-corrected chi connectivity index (χ0v) is 11.6. The molecule has 84 valence electrons. The number of hydrogen-bond acceptors (Lipinski definition) is 3. The molecule has 0 atom stereocenters. The minimum atomic E-state index is 0.0903. The molecule has 1 heterocycles. The van der Waals surface area contributed by atoms with Crippen molar-refractivity contribution in [3.63, 3.8) is 0 Å². The average Bonchev–Trinajstić information content (AvgIpc) is 2.60. The summed E-state index contributed by atoms with van der Waals surface area (Å²) in [6.07, 6.45) is 0. The Hall–Kier alpha value is -0.390. The molecule has 1 aromatic rings. The van der Waals surface area contributed by atoms with Crippen molar-refractivity contribution in [1.82, 2.24) is 9.80 Å². The Kier molecular flexibility index (Phi) is 4.76. The van der Waals surface area contributed by atoms with Gasteiger partial charge in [0.15, 0.2) is 0 Å². The number of carbonyl (C=O) groups is 1. The second kappa shape index (κ2) is 5.63. The van der Waals surface area contributed by atoms with Gasteiger partial charge in [-0.2, -0.15) is 0 Å². The highest BCUT2D eigenvalue weighted by Crippen LogP contribution is 2.22. The van der Waals surface area contributed by atoms with Gasteiger partial charge in [-0.1, -0.05) is 0 Å². The van der Waals surface area contributed by atoms with Crippen LogP contribution in [-0.2, 0) is 0 Å². The minimum Gasteiger partial charge on any atom is -0.340 e. The largest absolute Gasteiger partial charge is 0.340 e. The van der Waals surface area contributed by atoms with Crippen LogP contribution in [0.1, 0.15) is 9.67 Å². The zero-order chi connectivity index (χ0) is 11.4. The monoisotopic (exact) mass is 290 g/mol. The van der Waals surface area contributed by atoms with E-state index in [1.54, 1.807) is 4.90 Å². The standard InChI is InChI=1S/C10H15BrN2OS/c1-12(2)6-7-13(3)10(14)8-4-5-9(11)15-8/h4-5H,6-7H2,1-3H3. The van der Waals surface area contributed by atoms with Crippen LogP contribution in [0, 0.1) is 0 Å². The molecule has 0 aliphatic heterocycles. The van der Waals surface area contributed by atoms with Crippen LogP contribution in [0.5, 0.6) is 0 Å². The third-order valence-electron chi connectivity index (χ3n) is 2.01. The van der Waals surface area contributed by atoms with Gasteiger partial charge in [-0.15, -0.1) is 11.3 Å². The number of rotatable bonds is 4. The lowest BCUT2D eigenvalue weighted by Crippen LogP contribution is -2.33. The van der Waals surface area contributed by atoms with E-state index in [0.717, 1.165) is 21.8 Å². The first-order chi connectivity index (χ1) is 7.00. The van der Waals surface area contributed by atoms with Crippen LogP contribution in [0.25, 0.3) is 0 Å². The minimum absolute atomic E-state index is 0.0903. The van der Waals surface area contributed by atoms with Gasteiger partial charge >= 0.3 is 0 Å². The fourth-order valence-corrected chi connectivity index (χ4v) is 2.45. The molecule has 15 heavy (non-hydrogen) atoms. The van der Waals surface area contributed by atoms with E-state index < -0.39 is 0 Å². The lowest BCUT2D eigenvalue weighted by atomic mass is 10.4. The van der Waals surface area contributed by atoms with E-state index in [1.807, 2.05) is 33.3 Å². The summed E-state index contributed by atoms with van der Waals surface area (Å²) in [5.41, 5.74) is 0. The van der Waals surface area contributed by atoms with Crippen molar-refractivity contribution in [3.8, 4) is 0 Å². The van der Waals surface area contributed by atoms with E-state index >= 15 is 0 Å². The van der Waals surface area contributed by atoms with E-state index in [2.05, 4.69) is 20.8 Å². The smallest absolute Gasteiger partial charge is 0.263 e. The van der Waals surface area contributed by atoms with Gasteiger partial charge in [0, 0.05) is 20.1 Å². The van der Waals surface area contributed by atoms with Crippen LogP contribution in [0.3, 0.4) is 0 Å². The van der Waals surface area contributed by atoms with Crippen molar-refractivity contribution in [2.24, 2.45) is 0 Å². The number of thiophene rings is 1. The van der Waals surface area contributed by atoms with Crippen LogP contribution in [0.4, 0.5) is 0 Å². The Bertz CT molecular complexity index is 338. The van der Waals surface area contributed by atoms with E-state index in [-0.39, 0.29) is 5.91 Å². The normalized spacial score (nSPS) is 10.7. The maximum atomic E-state index is 11.9. The Balaban J connectivity index is 2.53. The molecule has 0 N–H and O–H groups in total. The summed E-state index contributed by atoms with van der Waals surface area (Å²) in [5.74, 6) is 0.0903. The fourth-order valence-electron chi connectivity index (χ4n) is 1.07. The molecule has 0 aliphatic carbocycles. The molecular weight excluding hydrogens is 276 g/mol. The molecule has 1 rings (SSSR count). The van der Waals surface area contributed by atoms with E-state index in [4.69, 9.17) is 0 Å². The zero-order valence-electron chi connectivity index (χ0n) is 9.16. The average molecular weight is 291 g/mol. The molecule has 0 unspecified atom stereocenters.